The maximum absolute atomic E-state index is 6.24. The molecule has 0 saturated carbocycles. The van der Waals surface area contributed by atoms with E-state index in [1.54, 1.807) is 20.3 Å². The number of nitrogens with zero attached hydrogens (tertiary/aromatic N) is 1. The number of rotatable bonds is 3. The van der Waals surface area contributed by atoms with Crippen molar-refractivity contribution >= 4 is 35.6 Å². The van der Waals surface area contributed by atoms with Gasteiger partial charge in [-0.05, 0) is 12.1 Å². The van der Waals surface area contributed by atoms with E-state index >= 15 is 0 Å². The molecule has 1 aromatic carbocycles. The largest absolute Gasteiger partial charge is 0.493 e. The summed E-state index contributed by atoms with van der Waals surface area (Å²) in [6, 6.07) is 3.64. The van der Waals surface area contributed by atoms with Gasteiger partial charge >= 0.3 is 0 Å². The van der Waals surface area contributed by atoms with Crippen LogP contribution in [0.25, 0.3) is 11.4 Å². The summed E-state index contributed by atoms with van der Waals surface area (Å²) in [6.07, 6.45) is 0. The molecule has 1 aliphatic heterocycles. The Morgan fingerprint density at radius 3 is 2.81 bits per heavy atom. The number of hydrogen-bond acceptors (Lipinski definition) is 5. The molecule has 0 aliphatic carbocycles. The van der Waals surface area contributed by atoms with E-state index < -0.39 is 0 Å². The van der Waals surface area contributed by atoms with Gasteiger partial charge in [-0.3, -0.25) is 0 Å². The number of fused-ring (bicyclic) bond motifs is 1. The van der Waals surface area contributed by atoms with E-state index in [1.165, 1.54) is 0 Å². The Morgan fingerprint density at radius 1 is 1.29 bits per heavy atom. The zero-order chi connectivity index (χ0) is 15.0. The number of nitrogens with one attached hydrogen (secondary N) is 1. The molecule has 0 bridgehead atoms. The Labute approximate surface area is 136 Å². The van der Waals surface area contributed by atoms with Crippen LogP contribution < -0.4 is 9.47 Å². The molecule has 0 spiro atoms. The van der Waals surface area contributed by atoms with Gasteiger partial charge in [-0.1, -0.05) is 23.8 Å². The number of hydrogen-bond donors (Lipinski definition) is 1. The second-order valence-corrected chi connectivity index (χ2v) is 6.31. The number of H-pyrrole nitrogens is 1. The Morgan fingerprint density at radius 2 is 2.10 bits per heavy atom. The normalized spacial score (nSPS) is 13.1. The first-order valence-corrected chi connectivity index (χ1v) is 8.20. The third-order valence-corrected chi connectivity index (χ3v) is 4.91. The number of benzene rings is 1. The lowest BCUT2D eigenvalue weighted by molar-refractivity contribution is 0.355. The topological polar surface area (TPSA) is 47.1 Å². The fraction of sp³-hybridized carbons (Fsp3) is 0.286. The summed E-state index contributed by atoms with van der Waals surface area (Å²) in [5, 5.41) is 0.475. The van der Waals surface area contributed by atoms with Crippen LogP contribution in [0.3, 0.4) is 0 Å². The number of aromatic amines is 1. The van der Waals surface area contributed by atoms with Crippen LogP contribution >= 0.6 is 35.6 Å². The Bertz CT molecular complexity index is 761. The van der Waals surface area contributed by atoms with Gasteiger partial charge < -0.3 is 14.5 Å². The highest BCUT2D eigenvalue weighted by molar-refractivity contribution is 7.98. The minimum atomic E-state index is 0.475. The fourth-order valence-corrected chi connectivity index (χ4v) is 4.00. The minimum absolute atomic E-state index is 0.475. The average molecular weight is 341 g/mol. The van der Waals surface area contributed by atoms with Crippen molar-refractivity contribution in [3.05, 3.63) is 33.1 Å². The molecule has 1 N–H and O–H groups in total. The van der Waals surface area contributed by atoms with Crippen LogP contribution in [0.15, 0.2) is 12.1 Å². The van der Waals surface area contributed by atoms with Crippen molar-refractivity contribution in [2.45, 2.75) is 11.5 Å². The molecule has 1 aromatic heterocycles. The number of thioether (sulfide) groups is 1. The zero-order valence-electron chi connectivity index (χ0n) is 11.5. The molecule has 3 rings (SSSR count). The van der Waals surface area contributed by atoms with Crippen molar-refractivity contribution in [3.63, 3.8) is 0 Å². The highest BCUT2D eigenvalue weighted by atomic mass is 35.5. The number of halogens is 1. The predicted octanol–water partition coefficient (Wildman–Crippen LogP) is 4.22. The van der Waals surface area contributed by atoms with Crippen molar-refractivity contribution in [2.24, 2.45) is 0 Å². The average Bonchev–Trinajstić information content (AvgIpc) is 2.95. The van der Waals surface area contributed by atoms with Gasteiger partial charge in [-0.15, -0.1) is 0 Å². The first-order valence-electron chi connectivity index (χ1n) is 6.25. The predicted molar refractivity (Wildman–Crippen MR) is 88.0 cm³/mol. The third-order valence-electron chi connectivity index (χ3n) is 3.30. The van der Waals surface area contributed by atoms with Gasteiger partial charge in [-0.2, -0.15) is 11.8 Å². The lowest BCUT2D eigenvalue weighted by Crippen LogP contribution is -1.98. The van der Waals surface area contributed by atoms with Crippen molar-refractivity contribution in [3.8, 4) is 22.9 Å². The van der Waals surface area contributed by atoms with Gasteiger partial charge in [-0.25, -0.2) is 4.98 Å². The van der Waals surface area contributed by atoms with Gasteiger partial charge in [0, 0.05) is 28.3 Å². The molecule has 7 heteroatoms. The Hall–Kier alpha value is -1.24. The summed E-state index contributed by atoms with van der Waals surface area (Å²) in [5.74, 6) is 3.62. The fourth-order valence-electron chi connectivity index (χ4n) is 2.26. The third kappa shape index (κ3) is 2.63. The molecular weight excluding hydrogens is 328 g/mol. The SMILES string of the molecule is COc1cc(-c2nc(=S)c3c([nH]2)CSC3)cc(Cl)c1OC. The van der Waals surface area contributed by atoms with E-state index in [4.69, 9.17) is 33.3 Å². The standard InChI is InChI=1S/C14H13ClN2O2S2/c1-18-11-4-7(3-9(15)12(11)19-2)13-16-10-6-21-5-8(10)14(20)17-13/h3-4H,5-6H2,1-2H3,(H,16,17,20). The van der Waals surface area contributed by atoms with Crippen molar-refractivity contribution < 1.29 is 9.47 Å². The monoisotopic (exact) mass is 340 g/mol. The summed E-state index contributed by atoms with van der Waals surface area (Å²) in [4.78, 5) is 7.82. The second-order valence-electron chi connectivity index (χ2n) is 4.53. The van der Waals surface area contributed by atoms with Crippen LogP contribution in [0.4, 0.5) is 0 Å². The molecule has 0 saturated heterocycles. The summed E-state index contributed by atoms with van der Waals surface area (Å²) >= 11 is 13.4. The van der Waals surface area contributed by atoms with Crippen molar-refractivity contribution in [1.29, 1.82) is 0 Å². The molecule has 0 radical (unpaired) electrons. The quantitative estimate of drug-likeness (QED) is 0.847. The smallest absolute Gasteiger partial charge is 0.179 e. The summed E-state index contributed by atoms with van der Waals surface area (Å²) < 4.78 is 11.2. The maximum Gasteiger partial charge on any atom is 0.179 e. The van der Waals surface area contributed by atoms with Crippen LogP contribution in [0.2, 0.25) is 5.02 Å². The highest BCUT2D eigenvalue weighted by Gasteiger charge is 2.18. The number of methoxy groups -OCH3 is 2. The van der Waals surface area contributed by atoms with Crippen LogP contribution in [0.5, 0.6) is 11.5 Å². The first kappa shape index (κ1) is 14.7. The van der Waals surface area contributed by atoms with E-state index in [0.29, 0.717) is 27.0 Å². The molecule has 21 heavy (non-hydrogen) atoms. The maximum atomic E-state index is 6.24. The van der Waals surface area contributed by atoms with E-state index in [2.05, 4.69) is 9.97 Å². The Balaban J connectivity index is 2.15. The van der Waals surface area contributed by atoms with Gasteiger partial charge in [0.2, 0.25) is 0 Å². The summed E-state index contributed by atoms with van der Waals surface area (Å²) in [5.41, 5.74) is 3.09. The molecule has 2 heterocycles. The van der Waals surface area contributed by atoms with Gasteiger partial charge in [0.1, 0.15) is 10.5 Å². The van der Waals surface area contributed by atoms with Crippen molar-refractivity contribution in [1.82, 2.24) is 9.97 Å². The van der Waals surface area contributed by atoms with Crippen LogP contribution in [-0.4, -0.2) is 24.2 Å². The zero-order valence-corrected chi connectivity index (χ0v) is 13.9. The van der Waals surface area contributed by atoms with Crippen molar-refractivity contribution in [2.75, 3.05) is 14.2 Å². The molecule has 0 fully saturated rings. The van der Waals surface area contributed by atoms with Gasteiger partial charge in [0.25, 0.3) is 0 Å². The van der Waals surface area contributed by atoms with E-state index in [9.17, 15) is 0 Å². The highest BCUT2D eigenvalue weighted by Crippen LogP contribution is 2.39. The first-order chi connectivity index (χ1) is 10.1. The lowest BCUT2D eigenvalue weighted by Gasteiger charge is -2.12. The van der Waals surface area contributed by atoms with E-state index in [-0.39, 0.29) is 0 Å². The lowest BCUT2D eigenvalue weighted by atomic mass is 10.1. The Kier molecular flexibility index (Phi) is 4.10. The molecule has 1 aliphatic rings. The van der Waals surface area contributed by atoms with E-state index in [0.717, 1.165) is 28.3 Å². The minimum Gasteiger partial charge on any atom is -0.493 e. The molecule has 4 nitrogen and oxygen atoms in total. The van der Waals surface area contributed by atoms with Crippen LogP contribution in [0.1, 0.15) is 11.3 Å². The van der Waals surface area contributed by atoms with Gasteiger partial charge in [0.15, 0.2) is 11.5 Å². The molecule has 0 atom stereocenters. The molecule has 2 aromatic rings. The molecular formula is C14H13ClN2O2S2. The van der Waals surface area contributed by atoms with E-state index in [1.807, 2.05) is 17.8 Å². The number of aromatic nitrogens is 2. The van der Waals surface area contributed by atoms with Gasteiger partial charge in [0.05, 0.1) is 19.2 Å². The summed E-state index contributed by atoms with van der Waals surface area (Å²) in [6.45, 7) is 0. The van der Waals surface area contributed by atoms with Crippen LogP contribution in [-0.2, 0) is 11.5 Å². The molecule has 0 amide bonds. The molecule has 0 unspecified atom stereocenters. The van der Waals surface area contributed by atoms with Crippen LogP contribution in [0, 0.1) is 4.64 Å². The number of ether oxygens (including phenoxy) is 2. The molecule has 110 valence electrons. The summed E-state index contributed by atoms with van der Waals surface area (Å²) in [7, 11) is 3.13. The second kappa shape index (κ2) is 5.87.